The molecule has 1 aromatic heterocycles. The van der Waals surface area contributed by atoms with Crippen LogP contribution in [0.2, 0.25) is 0 Å². The number of carboxylic acid groups (broad SMARTS) is 1. The molecule has 7 heteroatoms. The molecular formula is C21H27NO6. The van der Waals surface area contributed by atoms with E-state index in [1.165, 1.54) is 6.92 Å². The Morgan fingerprint density at radius 1 is 1.25 bits per heavy atom. The number of benzene rings is 1. The van der Waals surface area contributed by atoms with Gasteiger partial charge in [-0.05, 0) is 44.4 Å². The highest BCUT2D eigenvalue weighted by Crippen LogP contribution is 2.25. The van der Waals surface area contributed by atoms with Crippen molar-refractivity contribution in [3.05, 3.63) is 39.7 Å². The quantitative estimate of drug-likeness (QED) is 0.477. The van der Waals surface area contributed by atoms with E-state index in [-0.39, 0.29) is 12.2 Å². The highest BCUT2D eigenvalue weighted by molar-refractivity contribution is 5.84. The van der Waals surface area contributed by atoms with Crippen LogP contribution in [0.1, 0.15) is 50.7 Å². The van der Waals surface area contributed by atoms with E-state index < -0.39 is 17.9 Å². The van der Waals surface area contributed by atoms with Gasteiger partial charge in [0.2, 0.25) is 0 Å². The van der Waals surface area contributed by atoms with Crippen LogP contribution in [0, 0.1) is 6.92 Å². The van der Waals surface area contributed by atoms with Gasteiger partial charge in [-0.25, -0.2) is 4.79 Å². The SMILES string of the molecule is CCCCCCc1c(C)c2ccc(OCC(=O)NC(C)C(=O)O)cc2oc1=O. The summed E-state index contributed by atoms with van der Waals surface area (Å²) in [5.41, 5.74) is 1.67. The summed E-state index contributed by atoms with van der Waals surface area (Å²) in [5, 5.41) is 11.9. The lowest BCUT2D eigenvalue weighted by Gasteiger charge is -2.11. The second kappa shape index (κ2) is 9.92. The van der Waals surface area contributed by atoms with E-state index in [1.54, 1.807) is 18.2 Å². The van der Waals surface area contributed by atoms with E-state index in [1.807, 2.05) is 6.92 Å². The molecule has 1 unspecified atom stereocenters. The maximum atomic E-state index is 12.4. The van der Waals surface area contributed by atoms with Crippen LogP contribution in [0.4, 0.5) is 0 Å². The molecule has 1 heterocycles. The Bertz CT molecular complexity index is 902. The molecular weight excluding hydrogens is 362 g/mol. The minimum atomic E-state index is -1.12. The molecule has 0 aliphatic rings. The fourth-order valence-electron chi connectivity index (χ4n) is 2.98. The minimum Gasteiger partial charge on any atom is -0.484 e. The zero-order valence-corrected chi connectivity index (χ0v) is 16.5. The van der Waals surface area contributed by atoms with Crippen LogP contribution in [0.15, 0.2) is 27.4 Å². The standard InChI is InChI=1S/C21H27NO6/c1-4-5-6-7-8-17-13(2)16-10-9-15(11-18(16)28-21(17)26)27-12-19(23)22-14(3)20(24)25/h9-11,14H,4-8,12H2,1-3H3,(H,22,23)(H,24,25). The van der Waals surface area contributed by atoms with Gasteiger partial charge in [-0.15, -0.1) is 0 Å². The van der Waals surface area contributed by atoms with Gasteiger partial charge >= 0.3 is 11.6 Å². The zero-order valence-electron chi connectivity index (χ0n) is 16.5. The number of unbranched alkanes of at least 4 members (excludes halogenated alkanes) is 3. The number of amides is 1. The van der Waals surface area contributed by atoms with Crippen molar-refractivity contribution < 1.29 is 23.8 Å². The Labute approximate surface area is 163 Å². The predicted octanol–water partition coefficient (Wildman–Crippen LogP) is 3.19. The van der Waals surface area contributed by atoms with Crippen molar-refractivity contribution in [3.8, 4) is 5.75 Å². The Morgan fingerprint density at radius 3 is 2.68 bits per heavy atom. The molecule has 0 saturated carbocycles. The number of hydrogen-bond acceptors (Lipinski definition) is 5. The Hall–Kier alpha value is -2.83. The zero-order chi connectivity index (χ0) is 20.7. The number of aliphatic carboxylic acids is 1. The maximum absolute atomic E-state index is 12.4. The number of carbonyl (C=O) groups is 2. The van der Waals surface area contributed by atoms with Crippen LogP contribution in [0.5, 0.6) is 5.75 Å². The summed E-state index contributed by atoms with van der Waals surface area (Å²) in [5.74, 6) is -1.30. The van der Waals surface area contributed by atoms with Gasteiger partial charge in [-0.3, -0.25) is 9.59 Å². The van der Waals surface area contributed by atoms with Crippen molar-refractivity contribution in [3.63, 3.8) is 0 Å². The molecule has 0 radical (unpaired) electrons. The van der Waals surface area contributed by atoms with E-state index in [9.17, 15) is 14.4 Å². The van der Waals surface area contributed by atoms with Crippen LogP contribution in [0.3, 0.4) is 0 Å². The van der Waals surface area contributed by atoms with E-state index in [2.05, 4.69) is 12.2 Å². The number of carboxylic acids is 1. The average molecular weight is 389 g/mol. The first-order valence-corrected chi connectivity index (χ1v) is 9.54. The highest BCUT2D eigenvalue weighted by Gasteiger charge is 2.15. The average Bonchev–Trinajstić information content (AvgIpc) is 2.65. The Kier molecular flexibility index (Phi) is 7.61. The number of hydrogen-bond donors (Lipinski definition) is 2. The van der Waals surface area contributed by atoms with Crippen LogP contribution in [-0.2, 0) is 16.0 Å². The smallest absolute Gasteiger partial charge is 0.339 e. The van der Waals surface area contributed by atoms with Gasteiger partial charge in [0.25, 0.3) is 5.91 Å². The van der Waals surface area contributed by atoms with Crippen molar-refractivity contribution >= 4 is 22.8 Å². The lowest BCUT2D eigenvalue weighted by Crippen LogP contribution is -2.40. The first-order chi connectivity index (χ1) is 13.3. The molecule has 28 heavy (non-hydrogen) atoms. The first-order valence-electron chi connectivity index (χ1n) is 9.54. The third kappa shape index (κ3) is 5.58. The second-order valence-electron chi connectivity index (χ2n) is 6.88. The summed E-state index contributed by atoms with van der Waals surface area (Å²) in [6, 6.07) is 4.07. The second-order valence-corrected chi connectivity index (χ2v) is 6.88. The monoisotopic (exact) mass is 389 g/mol. The molecule has 2 aromatic rings. The summed E-state index contributed by atoms with van der Waals surface area (Å²) in [6.07, 6.45) is 5.03. The molecule has 0 spiro atoms. The number of ether oxygens (including phenoxy) is 1. The molecule has 1 atom stereocenters. The molecule has 2 rings (SSSR count). The molecule has 1 aromatic carbocycles. The maximum Gasteiger partial charge on any atom is 0.339 e. The van der Waals surface area contributed by atoms with E-state index in [0.29, 0.717) is 23.3 Å². The Balaban J connectivity index is 2.10. The van der Waals surface area contributed by atoms with Crippen molar-refractivity contribution in [2.24, 2.45) is 0 Å². The van der Waals surface area contributed by atoms with Crippen LogP contribution >= 0.6 is 0 Å². The molecule has 152 valence electrons. The molecule has 2 N–H and O–H groups in total. The van der Waals surface area contributed by atoms with Gasteiger partial charge in [-0.2, -0.15) is 0 Å². The fourth-order valence-corrected chi connectivity index (χ4v) is 2.98. The third-order valence-corrected chi connectivity index (χ3v) is 4.66. The van der Waals surface area contributed by atoms with Crippen LogP contribution in [-0.4, -0.2) is 29.6 Å². The highest BCUT2D eigenvalue weighted by atomic mass is 16.5. The van der Waals surface area contributed by atoms with Crippen molar-refractivity contribution in [2.75, 3.05) is 6.61 Å². The van der Waals surface area contributed by atoms with Gasteiger partial charge in [0.05, 0.1) is 0 Å². The van der Waals surface area contributed by atoms with Gasteiger partial charge in [-0.1, -0.05) is 26.2 Å². The molecule has 7 nitrogen and oxygen atoms in total. The summed E-state index contributed by atoms with van der Waals surface area (Å²) >= 11 is 0. The molecule has 0 bridgehead atoms. The fraction of sp³-hybridized carbons (Fsp3) is 0.476. The lowest BCUT2D eigenvalue weighted by molar-refractivity contribution is -0.141. The molecule has 1 amide bonds. The molecule has 0 aliphatic heterocycles. The van der Waals surface area contributed by atoms with E-state index >= 15 is 0 Å². The molecule has 0 fully saturated rings. The minimum absolute atomic E-state index is 0.331. The topological polar surface area (TPSA) is 106 Å². The van der Waals surface area contributed by atoms with Gasteiger partial charge < -0.3 is 19.6 Å². The van der Waals surface area contributed by atoms with Crippen LogP contribution < -0.4 is 15.7 Å². The largest absolute Gasteiger partial charge is 0.484 e. The lowest BCUT2D eigenvalue weighted by atomic mass is 10.0. The van der Waals surface area contributed by atoms with Crippen LogP contribution in [0.25, 0.3) is 11.0 Å². The van der Waals surface area contributed by atoms with E-state index in [0.717, 1.165) is 36.6 Å². The summed E-state index contributed by atoms with van der Waals surface area (Å²) in [7, 11) is 0. The molecule has 0 saturated heterocycles. The number of aryl methyl sites for hydroxylation is 1. The third-order valence-electron chi connectivity index (χ3n) is 4.66. The van der Waals surface area contributed by atoms with Crippen molar-refractivity contribution in [1.82, 2.24) is 5.32 Å². The van der Waals surface area contributed by atoms with Gasteiger partial charge in [0, 0.05) is 17.0 Å². The Morgan fingerprint density at radius 2 is 2.00 bits per heavy atom. The number of nitrogens with one attached hydrogen (secondary N) is 1. The molecule has 0 aliphatic carbocycles. The van der Waals surface area contributed by atoms with E-state index in [4.69, 9.17) is 14.3 Å². The normalized spacial score (nSPS) is 12.0. The summed E-state index contributed by atoms with van der Waals surface area (Å²) < 4.78 is 10.9. The number of carbonyl (C=O) groups excluding carboxylic acids is 1. The van der Waals surface area contributed by atoms with Gasteiger partial charge in [0.15, 0.2) is 6.61 Å². The van der Waals surface area contributed by atoms with Crippen molar-refractivity contribution in [2.45, 2.75) is 58.9 Å². The summed E-state index contributed by atoms with van der Waals surface area (Å²) in [4.78, 5) is 34.8. The predicted molar refractivity (Wildman–Crippen MR) is 106 cm³/mol. The first kappa shape index (κ1) is 21.5. The summed E-state index contributed by atoms with van der Waals surface area (Å²) in [6.45, 7) is 5.09. The number of rotatable bonds is 10. The number of fused-ring (bicyclic) bond motifs is 1. The van der Waals surface area contributed by atoms with Crippen molar-refractivity contribution in [1.29, 1.82) is 0 Å². The van der Waals surface area contributed by atoms with Gasteiger partial charge in [0.1, 0.15) is 17.4 Å².